The van der Waals surface area contributed by atoms with Crippen molar-refractivity contribution in [1.82, 2.24) is 4.31 Å². The molecule has 1 atom stereocenters. The Labute approximate surface area is 125 Å². The molecule has 1 amide bonds. The van der Waals surface area contributed by atoms with Gasteiger partial charge in [-0.25, -0.2) is 4.79 Å². The van der Waals surface area contributed by atoms with Gasteiger partial charge in [0.2, 0.25) is 0 Å². The maximum Gasteiger partial charge on any atom is 0.445 e. The predicted octanol–water partition coefficient (Wildman–Crippen LogP) is 3.64. The summed E-state index contributed by atoms with van der Waals surface area (Å²) in [4.78, 5) is 29.1. The van der Waals surface area contributed by atoms with Gasteiger partial charge in [0.05, 0.1) is 10.5 Å². The van der Waals surface area contributed by atoms with E-state index in [1.54, 1.807) is 20.9 Å². The normalized spacial score (nSPS) is 25.0. The Kier molecular flexibility index (Phi) is 5.24. The van der Waals surface area contributed by atoms with Crippen LogP contribution < -0.4 is 0 Å². The van der Waals surface area contributed by atoms with Crippen LogP contribution in [0.5, 0.6) is 0 Å². The van der Waals surface area contributed by atoms with Gasteiger partial charge in [0.15, 0.2) is 5.78 Å². The molecule has 0 aromatic carbocycles. The molecular weight excluding hydrogens is 276 g/mol. The highest BCUT2D eigenvalue weighted by atomic mass is 32.2. The highest BCUT2D eigenvalue weighted by Crippen LogP contribution is 2.45. The van der Waals surface area contributed by atoms with E-state index >= 15 is 0 Å². The van der Waals surface area contributed by atoms with Crippen molar-refractivity contribution in [2.45, 2.75) is 58.6 Å². The van der Waals surface area contributed by atoms with Crippen LogP contribution in [0, 0.1) is 5.41 Å². The Bertz CT molecular complexity index is 430. The number of rotatable bonds is 3. The third kappa shape index (κ3) is 3.98. The van der Waals surface area contributed by atoms with Crippen LogP contribution in [0.25, 0.3) is 0 Å². The fraction of sp³-hybridized carbons (Fsp3) is 0.786. The predicted molar refractivity (Wildman–Crippen MR) is 81.7 cm³/mol. The molecule has 1 aliphatic carbocycles. The van der Waals surface area contributed by atoms with E-state index in [1.807, 2.05) is 20.8 Å². The Morgan fingerprint density at radius 3 is 2.45 bits per heavy atom. The maximum absolute atomic E-state index is 12.6. The van der Waals surface area contributed by atoms with Crippen molar-refractivity contribution in [3.8, 4) is 0 Å². The first-order chi connectivity index (χ1) is 9.08. The number of carbonyl (C=O) groups is 2. The summed E-state index contributed by atoms with van der Waals surface area (Å²) in [6.45, 7) is 9.33. The lowest BCUT2D eigenvalue weighted by Crippen LogP contribution is -2.47. The smallest absolute Gasteiger partial charge is 0.297 e. The van der Waals surface area contributed by atoms with Gasteiger partial charge in [0, 0.05) is 12.5 Å². The first-order valence-corrected chi connectivity index (χ1v) is 7.56. The minimum absolute atomic E-state index is 0.191. The van der Waals surface area contributed by atoms with Gasteiger partial charge in [0.25, 0.3) is 0 Å². The summed E-state index contributed by atoms with van der Waals surface area (Å²) in [6.07, 6.45) is 2.09. The summed E-state index contributed by atoms with van der Waals surface area (Å²) in [5.74, 6) is 0.191. The number of carbonyl (C=O) groups excluding carboxylic acids is 2. The summed E-state index contributed by atoms with van der Waals surface area (Å²) in [7, 11) is 1.60. The molecular formula is C14H24N2O3S. The second kappa shape index (κ2) is 6.16. The molecule has 1 fully saturated rings. The van der Waals surface area contributed by atoms with Gasteiger partial charge < -0.3 is 0 Å². The van der Waals surface area contributed by atoms with Gasteiger partial charge in [-0.05, 0) is 45.6 Å². The van der Waals surface area contributed by atoms with Crippen LogP contribution in [-0.4, -0.2) is 33.7 Å². The van der Waals surface area contributed by atoms with Crippen LogP contribution in [-0.2, 0) is 9.63 Å². The average Bonchev–Trinajstić information content (AvgIpc) is 2.32. The lowest BCUT2D eigenvalue weighted by molar-refractivity contribution is -0.131. The van der Waals surface area contributed by atoms with Crippen molar-refractivity contribution in [3.05, 3.63) is 0 Å². The molecule has 5 nitrogen and oxygen atoms in total. The van der Waals surface area contributed by atoms with Crippen molar-refractivity contribution in [1.29, 1.82) is 0 Å². The molecule has 0 saturated heterocycles. The van der Waals surface area contributed by atoms with Crippen molar-refractivity contribution < 1.29 is 14.4 Å². The Morgan fingerprint density at radius 2 is 1.90 bits per heavy atom. The van der Waals surface area contributed by atoms with Gasteiger partial charge in [-0.3, -0.25) is 13.9 Å². The topological polar surface area (TPSA) is 59.0 Å². The largest absolute Gasteiger partial charge is 0.445 e. The molecule has 20 heavy (non-hydrogen) atoms. The number of Topliss-reactive ketones (excluding diaryl/α,β-unsaturated/α-hetero) is 1. The van der Waals surface area contributed by atoms with Crippen LogP contribution in [0.4, 0.5) is 4.79 Å². The molecule has 1 saturated carbocycles. The van der Waals surface area contributed by atoms with Crippen molar-refractivity contribution in [2.75, 3.05) is 7.05 Å². The highest BCUT2D eigenvalue weighted by Gasteiger charge is 2.47. The number of ketones is 1. The van der Waals surface area contributed by atoms with E-state index in [-0.39, 0.29) is 11.2 Å². The van der Waals surface area contributed by atoms with E-state index in [0.29, 0.717) is 5.71 Å². The van der Waals surface area contributed by atoms with E-state index in [9.17, 15) is 9.59 Å². The van der Waals surface area contributed by atoms with Crippen LogP contribution in [0.2, 0.25) is 0 Å². The molecule has 0 bridgehead atoms. The SMILES string of the molecule is CC(C)=NOC(=O)N(C)SC1(C)CCCC(C)(C)C1=O. The van der Waals surface area contributed by atoms with Gasteiger partial charge in [0.1, 0.15) is 0 Å². The first-order valence-electron chi connectivity index (χ1n) is 6.78. The molecule has 0 radical (unpaired) electrons. The third-order valence-corrected chi connectivity index (χ3v) is 4.67. The fourth-order valence-corrected chi connectivity index (χ4v) is 3.73. The summed E-state index contributed by atoms with van der Waals surface area (Å²) >= 11 is 1.23. The van der Waals surface area contributed by atoms with E-state index in [1.165, 1.54) is 16.3 Å². The molecule has 0 N–H and O–H groups in total. The number of nitrogens with zero attached hydrogens (tertiary/aromatic N) is 2. The second-order valence-corrected chi connectivity index (χ2v) is 7.91. The molecule has 1 aliphatic rings. The summed E-state index contributed by atoms with van der Waals surface area (Å²) in [6, 6.07) is 0. The highest BCUT2D eigenvalue weighted by molar-refractivity contribution is 7.99. The van der Waals surface area contributed by atoms with Gasteiger partial charge in [-0.2, -0.15) is 0 Å². The third-order valence-electron chi connectivity index (χ3n) is 3.45. The Hall–Kier alpha value is -1.04. The molecule has 0 aliphatic heterocycles. The number of hydrogen-bond donors (Lipinski definition) is 0. The Morgan fingerprint density at radius 1 is 1.30 bits per heavy atom. The van der Waals surface area contributed by atoms with Crippen molar-refractivity contribution in [2.24, 2.45) is 10.6 Å². The molecule has 6 heteroatoms. The molecule has 0 aromatic heterocycles. The molecule has 0 spiro atoms. The summed E-state index contributed by atoms with van der Waals surface area (Å²) in [5.41, 5.74) is 0.334. The lowest BCUT2D eigenvalue weighted by Gasteiger charge is -2.41. The van der Waals surface area contributed by atoms with Gasteiger partial charge >= 0.3 is 6.09 Å². The van der Waals surface area contributed by atoms with Crippen molar-refractivity contribution >= 4 is 29.5 Å². The molecule has 0 aromatic rings. The zero-order valence-corrected chi connectivity index (χ0v) is 14.0. The van der Waals surface area contributed by atoms with Crippen molar-refractivity contribution in [3.63, 3.8) is 0 Å². The average molecular weight is 300 g/mol. The van der Waals surface area contributed by atoms with Crippen LogP contribution >= 0.6 is 11.9 Å². The summed E-state index contributed by atoms with van der Waals surface area (Å²) in [5, 5.41) is 3.64. The number of oxime groups is 1. The van der Waals surface area contributed by atoms with E-state index < -0.39 is 10.8 Å². The summed E-state index contributed by atoms with van der Waals surface area (Å²) < 4.78 is 0.770. The van der Waals surface area contributed by atoms with E-state index in [2.05, 4.69) is 5.16 Å². The van der Waals surface area contributed by atoms with Crippen LogP contribution in [0.15, 0.2) is 5.16 Å². The fourth-order valence-electron chi connectivity index (χ4n) is 2.42. The number of amides is 1. The van der Waals surface area contributed by atoms with Crippen LogP contribution in [0.3, 0.4) is 0 Å². The first kappa shape index (κ1) is 17.0. The number of hydrogen-bond acceptors (Lipinski definition) is 5. The second-order valence-electron chi connectivity index (χ2n) is 6.28. The maximum atomic E-state index is 12.6. The quantitative estimate of drug-likeness (QED) is 0.345. The van der Waals surface area contributed by atoms with E-state index in [0.717, 1.165) is 19.3 Å². The zero-order valence-electron chi connectivity index (χ0n) is 13.1. The molecule has 1 unspecified atom stereocenters. The molecule has 1 rings (SSSR count). The zero-order chi connectivity index (χ0) is 15.6. The molecule has 0 heterocycles. The lowest BCUT2D eigenvalue weighted by atomic mass is 9.71. The van der Waals surface area contributed by atoms with Gasteiger partial charge in [-0.15, -0.1) is 0 Å². The van der Waals surface area contributed by atoms with Gasteiger partial charge in [-0.1, -0.05) is 25.4 Å². The van der Waals surface area contributed by atoms with E-state index in [4.69, 9.17) is 4.84 Å². The molecule has 114 valence electrons. The minimum atomic E-state index is -0.583. The Balaban J connectivity index is 2.73. The monoisotopic (exact) mass is 300 g/mol. The van der Waals surface area contributed by atoms with Crippen LogP contribution in [0.1, 0.15) is 53.9 Å². The standard InChI is InChI=1S/C14H24N2O3S/c1-10(2)15-19-12(18)16(6)20-14(5)9-7-8-13(3,4)11(14)17/h7-9H2,1-6H3. The minimum Gasteiger partial charge on any atom is -0.297 e.